The Morgan fingerprint density at radius 2 is 1.97 bits per heavy atom. The number of hydrogen-bond acceptors (Lipinski definition) is 7. The summed E-state index contributed by atoms with van der Waals surface area (Å²) in [6.45, 7) is 5.62. The Kier molecular flexibility index (Phi) is 6.82. The maximum absolute atomic E-state index is 13.3. The summed E-state index contributed by atoms with van der Waals surface area (Å²) in [6.07, 6.45) is 10.6. The number of aliphatic imine (C=N–C) groups is 1. The van der Waals surface area contributed by atoms with E-state index in [4.69, 9.17) is 14.5 Å². The van der Waals surface area contributed by atoms with Gasteiger partial charge in [-0.2, -0.15) is 4.99 Å². The molecule has 35 heavy (non-hydrogen) atoms. The standard InChI is InChI=1S/C27H32N4O4/c1-27(2,3)35-25(33)20-17-31(19-13-8-6-7-9-14-19)26(30(4)5)29-23(20)28-24(32)22-16-18-12-10-11-15-21(18)34-22/h6,8-15,22H,7,16-17H2,1-5H3,(H,28,32). The van der Waals surface area contributed by atoms with Crippen LogP contribution in [0.25, 0.3) is 0 Å². The highest BCUT2D eigenvalue weighted by Crippen LogP contribution is 2.29. The second-order valence-corrected chi connectivity index (χ2v) is 9.79. The van der Waals surface area contributed by atoms with Crippen LogP contribution in [0.3, 0.4) is 0 Å². The molecule has 1 atom stereocenters. The molecule has 1 amide bonds. The minimum absolute atomic E-state index is 0.178. The molecule has 1 aromatic rings. The summed E-state index contributed by atoms with van der Waals surface area (Å²) in [5.74, 6) is 0.584. The van der Waals surface area contributed by atoms with E-state index in [-0.39, 0.29) is 23.8 Å². The number of benzene rings is 1. The molecule has 0 radical (unpaired) electrons. The fourth-order valence-corrected chi connectivity index (χ4v) is 3.96. The zero-order valence-corrected chi connectivity index (χ0v) is 20.9. The van der Waals surface area contributed by atoms with Crippen LogP contribution in [-0.2, 0) is 20.7 Å². The molecule has 3 aliphatic rings. The van der Waals surface area contributed by atoms with Gasteiger partial charge < -0.3 is 24.6 Å². The molecule has 1 aliphatic carbocycles. The van der Waals surface area contributed by atoms with E-state index in [1.165, 1.54) is 0 Å². The van der Waals surface area contributed by atoms with E-state index >= 15 is 0 Å². The number of carbonyl (C=O) groups excluding carboxylic acids is 2. The number of hydrogen-bond donors (Lipinski definition) is 1. The molecule has 0 fully saturated rings. The predicted molar refractivity (Wildman–Crippen MR) is 134 cm³/mol. The number of carbonyl (C=O) groups is 2. The van der Waals surface area contributed by atoms with Crippen molar-refractivity contribution in [3.8, 4) is 5.75 Å². The summed E-state index contributed by atoms with van der Waals surface area (Å²) >= 11 is 0. The Balaban J connectivity index is 1.67. The second kappa shape index (κ2) is 9.82. The second-order valence-electron chi connectivity index (χ2n) is 9.79. The average molecular weight is 477 g/mol. The van der Waals surface area contributed by atoms with Crippen molar-refractivity contribution in [2.24, 2.45) is 4.99 Å². The number of nitrogens with one attached hydrogen (secondary N) is 1. The fraction of sp³-hybridized carbons (Fsp3) is 0.370. The fourth-order valence-electron chi connectivity index (χ4n) is 3.96. The lowest BCUT2D eigenvalue weighted by atomic mass is 10.1. The molecule has 2 aliphatic heterocycles. The Morgan fingerprint density at radius 1 is 1.20 bits per heavy atom. The summed E-state index contributed by atoms with van der Waals surface area (Å²) < 4.78 is 11.5. The summed E-state index contributed by atoms with van der Waals surface area (Å²) in [6, 6.07) is 7.58. The molecule has 8 nitrogen and oxygen atoms in total. The Hall–Kier alpha value is -3.81. The van der Waals surface area contributed by atoms with E-state index in [9.17, 15) is 9.59 Å². The number of fused-ring (bicyclic) bond motifs is 1. The molecular weight excluding hydrogens is 444 g/mol. The minimum atomic E-state index is -0.701. The Bertz CT molecular complexity index is 1140. The van der Waals surface area contributed by atoms with Gasteiger partial charge in [-0.25, -0.2) is 4.79 Å². The molecule has 1 aromatic carbocycles. The third-order valence-electron chi connectivity index (χ3n) is 5.56. The monoisotopic (exact) mass is 476 g/mol. The predicted octanol–water partition coefficient (Wildman–Crippen LogP) is 3.29. The van der Waals surface area contributed by atoms with Crippen molar-refractivity contribution >= 4 is 17.8 Å². The summed E-state index contributed by atoms with van der Waals surface area (Å²) in [7, 11) is 3.74. The zero-order chi connectivity index (χ0) is 25.2. The molecule has 1 unspecified atom stereocenters. The Labute approximate surface area is 206 Å². The van der Waals surface area contributed by atoms with Crippen LogP contribution in [-0.4, -0.2) is 60.0 Å². The summed E-state index contributed by atoms with van der Waals surface area (Å²) in [5, 5.41) is 2.86. The molecule has 0 spiro atoms. The van der Waals surface area contributed by atoms with Gasteiger partial charge in [-0.15, -0.1) is 0 Å². The Morgan fingerprint density at radius 3 is 2.69 bits per heavy atom. The van der Waals surface area contributed by atoms with Crippen molar-refractivity contribution in [2.45, 2.75) is 45.3 Å². The molecule has 1 N–H and O–H groups in total. The van der Waals surface area contributed by atoms with Crippen LogP contribution >= 0.6 is 0 Å². The average Bonchev–Trinajstić information content (AvgIpc) is 3.05. The highest BCUT2D eigenvalue weighted by molar-refractivity contribution is 5.96. The molecule has 8 heteroatoms. The number of allylic oxidation sites excluding steroid dienone is 5. The van der Waals surface area contributed by atoms with Gasteiger partial charge in [-0.3, -0.25) is 4.79 Å². The van der Waals surface area contributed by atoms with Crippen molar-refractivity contribution in [3.63, 3.8) is 0 Å². The van der Waals surface area contributed by atoms with Crippen LogP contribution in [0.1, 0.15) is 32.8 Å². The van der Waals surface area contributed by atoms with Gasteiger partial charge in [-0.1, -0.05) is 36.4 Å². The molecule has 2 heterocycles. The number of esters is 1. The number of nitrogens with zero attached hydrogens (tertiary/aromatic N) is 3. The van der Waals surface area contributed by atoms with E-state index in [2.05, 4.69) is 11.4 Å². The molecule has 0 saturated carbocycles. The van der Waals surface area contributed by atoms with Crippen LogP contribution in [0.5, 0.6) is 5.75 Å². The van der Waals surface area contributed by atoms with Gasteiger partial charge >= 0.3 is 5.97 Å². The van der Waals surface area contributed by atoms with E-state index in [1.54, 1.807) is 0 Å². The van der Waals surface area contributed by atoms with Gasteiger partial charge in [-0.05, 0) is 51.0 Å². The molecule has 4 rings (SSSR count). The van der Waals surface area contributed by atoms with Crippen molar-refractivity contribution in [2.75, 3.05) is 20.6 Å². The third kappa shape index (κ3) is 5.65. The molecule has 184 valence electrons. The topological polar surface area (TPSA) is 83.5 Å². The maximum Gasteiger partial charge on any atom is 0.340 e. The lowest BCUT2D eigenvalue weighted by molar-refractivity contribution is -0.150. The van der Waals surface area contributed by atoms with E-state index in [0.29, 0.717) is 18.1 Å². The lowest BCUT2D eigenvalue weighted by Gasteiger charge is -2.35. The van der Waals surface area contributed by atoms with Crippen molar-refractivity contribution < 1.29 is 19.1 Å². The van der Waals surface area contributed by atoms with Crippen LogP contribution in [0.2, 0.25) is 0 Å². The molecule has 0 saturated heterocycles. The smallest absolute Gasteiger partial charge is 0.340 e. The van der Waals surface area contributed by atoms with Crippen LogP contribution in [0.4, 0.5) is 0 Å². The quantitative estimate of drug-likeness (QED) is 0.672. The number of ether oxygens (including phenoxy) is 2. The van der Waals surface area contributed by atoms with Gasteiger partial charge in [0, 0.05) is 26.2 Å². The van der Waals surface area contributed by atoms with Crippen LogP contribution < -0.4 is 10.1 Å². The van der Waals surface area contributed by atoms with Crippen molar-refractivity contribution in [3.05, 3.63) is 77.3 Å². The largest absolute Gasteiger partial charge is 0.480 e. The van der Waals surface area contributed by atoms with E-state index < -0.39 is 17.7 Å². The van der Waals surface area contributed by atoms with Gasteiger partial charge in [0.1, 0.15) is 17.2 Å². The first-order valence-electron chi connectivity index (χ1n) is 11.7. The van der Waals surface area contributed by atoms with Crippen molar-refractivity contribution in [1.82, 2.24) is 15.1 Å². The van der Waals surface area contributed by atoms with Gasteiger partial charge in [0.2, 0.25) is 5.96 Å². The summed E-state index contributed by atoms with van der Waals surface area (Å²) in [5.41, 5.74) is 1.43. The lowest BCUT2D eigenvalue weighted by Crippen LogP contribution is -2.47. The normalized spacial score (nSPS) is 19.3. The first kappa shape index (κ1) is 24.3. The maximum atomic E-state index is 13.3. The first-order valence-corrected chi connectivity index (χ1v) is 11.7. The van der Waals surface area contributed by atoms with Crippen molar-refractivity contribution in [1.29, 1.82) is 0 Å². The van der Waals surface area contributed by atoms with E-state index in [0.717, 1.165) is 17.7 Å². The molecule has 0 aromatic heterocycles. The van der Waals surface area contributed by atoms with Crippen LogP contribution in [0.15, 0.2) is 76.7 Å². The third-order valence-corrected chi connectivity index (χ3v) is 5.56. The van der Waals surface area contributed by atoms with Gasteiger partial charge in [0.25, 0.3) is 5.91 Å². The first-order chi connectivity index (χ1) is 16.6. The zero-order valence-electron chi connectivity index (χ0n) is 20.9. The molecule has 0 bridgehead atoms. The van der Waals surface area contributed by atoms with Crippen LogP contribution in [0, 0.1) is 0 Å². The van der Waals surface area contributed by atoms with Gasteiger partial charge in [0.15, 0.2) is 6.10 Å². The molecular formula is C27H32N4O4. The highest BCUT2D eigenvalue weighted by Gasteiger charge is 2.35. The number of guanidine groups is 1. The minimum Gasteiger partial charge on any atom is -0.480 e. The number of para-hydroxylation sites is 1. The van der Waals surface area contributed by atoms with E-state index in [1.807, 2.05) is 93.2 Å². The SMILES string of the molecule is CN(C)C1=NC(NC(=O)C2Cc3ccccc3O2)=C(C(=O)OC(C)(C)C)CN1C1=CC=CCC=C1. The summed E-state index contributed by atoms with van der Waals surface area (Å²) in [4.78, 5) is 35.0. The number of rotatable bonds is 4. The number of amides is 1. The highest BCUT2D eigenvalue weighted by atomic mass is 16.6. The van der Waals surface area contributed by atoms with Gasteiger partial charge in [0.05, 0.1) is 12.1 Å².